The van der Waals surface area contributed by atoms with Gasteiger partial charge in [-0.2, -0.15) is 0 Å². The lowest BCUT2D eigenvalue weighted by Crippen LogP contribution is -2.26. The maximum Gasteiger partial charge on any atom is 0.371 e. The summed E-state index contributed by atoms with van der Waals surface area (Å²) in [6.45, 7) is 7.94. The molecular weight excluding hydrogens is 482 g/mol. The second-order valence-electron chi connectivity index (χ2n) is 8.71. The van der Waals surface area contributed by atoms with Crippen LogP contribution < -0.4 is 15.2 Å². The maximum absolute atomic E-state index is 12.5. The Kier molecular flexibility index (Phi) is 6.40. The number of carbonyl (C=O) groups excluding carboxylic acids is 1. The number of H-pyrrole nitrogens is 1. The van der Waals surface area contributed by atoms with Gasteiger partial charge in [0, 0.05) is 18.6 Å². The fraction of sp³-hybridized carbons (Fsp3) is 0.381. The summed E-state index contributed by atoms with van der Waals surface area (Å²) in [6.07, 6.45) is 0. The van der Waals surface area contributed by atoms with Crippen LogP contribution in [0, 0.1) is 17.2 Å². The van der Waals surface area contributed by atoms with Crippen LogP contribution in [-0.2, 0) is 0 Å². The molecule has 0 unspecified atom stereocenters. The molecule has 0 aliphatic carbocycles. The smallest absolute Gasteiger partial charge is 0.371 e. The molecule has 1 aromatic carbocycles. The normalized spacial score (nSPS) is 12.5. The molecule has 0 saturated heterocycles. The SMILES string of the molecule is Cc1ccc([C@H](Nc2[nH]o[n+](=O)c2Nc2ccc(Br)c(C(=O)N(C)C)c2O)C(C)(C)C)o1. The van der Waals surface area contributed by atoms with Crippen LogP contribution in [0.3, 0.4) is 0 Å². The number of nitrogens with zero attached hydrogens (tertiary/aromatic N) is 2. The van der Waals surface area contributed by atoms with Crippen LogP contribution in [0.25, 0.3) is 0 Å². The van der Waals surface area contributed by atoms with Crippen LogP contribution in [-0.4, -0.2) is 35.2 Å². The Balaban J connectivity index is 1.99. The van der Waals surface area contributed by atoms with Crippen molar-refractivity contribution >= 4 is 39.2 Å². The summed E-state index contributed by atoms with van der Waals surface area (Å²) in [5, 5.41) is 19.4. The van der Waals surface area contributed by atoms with E-state index in [0.29, 0.717) is 10.2 Å². The number of aromatic hydroxyl groups is 1. The van der Waals surface area contributed by atoms with Gasteiger partial charge in [-0.05, 0) is 57.4 Å². The van der Waals surface area contributed by atoms with Crippen LogP contribution in [0.1, 0.15) is 48.7 Å². The van der Waals surface area contributed by atoms with Crippen LogP contribution >= 0.6 is 15.9 Å². The molecule has 3 rings (SSSR count). The number of phenols is 1. The third-order valence-electron chi connectivity index (χ3n) is 4.85. The van der Waals surface area contributed by atoms with Crippen molar-refractivity contribution in [3.8, 4) is 5.75 Å². The highest BCUT2D eigenvalue weighted by atomic mass is 79.9. The zero-order chi connectivity index (χ0) is 23.8. The van der Waals surface area contributed by atoms with Crippen molar-refractivity contribution in [1.82, 2.24) is 10.1 Å². The second kappa shape index (κ2) is 8.73. The Morgan fingerprint density at radius 3 is 2.50 bits per heavy atom. The van der Waals surface area contributed by atoms with Crippen LogP contribution in [0.15, 0.2) is 37.8 Å². The molecule has 0 spiro atoms. The van der Waals surface area contributed by atoms with E-state index >= 15 is 0 Å². The average Bonchev–Trinajstić information content (AvgIpc) is 3.26. The quantitative estimate of drug-likeness (QED) is 0.359. The van der Waals surface area contributed by atoms with E-state index in [9.17, 15) is 14.8 Å². The van der Waals surface area contributed by atoms with Crippen molar-refractivity contribution < 1.29 is 23.5 Å². The van der Waals surface area contributed by atoms with E-state index in [0.717, 1.165) is 5.76 Å². The van der Waals surface area contributed by atoms with Crippen LogP contribution in [0.2, 0.25) is 0 Å². The van der Waals surface area contributed by atoms with E-state index in [1.165, 1.54) is 4.90 Å². The fourth-order valence-electron chi connectivity index (χ4n) is 3.17. The molecule has 172 valence electrons. The lowest BCUT2D eigenvalue weighted by atomic mass is 9.85. The molecule has 0 aliphatic heterocycles. The minimum absolute atomic E-state index is 0.0246. The molecule has 1 amide bonds. The molecule has 1 atom stereocenters. The summed E-state index contributed by atoms with van der Waals surface area (Å²) in [5.74, 6) is 0.978. The first-order chi connectivity index (χ1) is 14.9. The minimum atomic E-state index is -0.397. The predicted molar refractivity (Wildman–Crippen MR) is 123 cm³/mol. The molecule has 0 radical (unpaired) electrons. The van der Waals surface area contributed by atoms with E-state index in [1.54, 1.807) is 26.2 Å². The Morgan fingerprint density at radius 2 is 1.94 bits per heavy atom. The van der Waals surface area contributed by atoms with Crippen molar-refractivity contribution in [3.63, 3.8) is 0 Å². The van der Waals surface area contributed by atoms with Crippen molar-refractivity contribution in [2.75, 3.05) is 24.7 Å². The van der Waals surface area contributed by atoms with Gasteiger partial charge in [-0.15, -0.1) is 4.63 Å². The maximum atomic E-state index is 12.5. The number of aryl methyl sites for hydroxylation is 1. The standard InChI is InChI=1S/C21H26BrN5O5/c1-11-7-10-14(31-11)17(21(2,3)4)24-18-19(27(30)32-25-18)23-13-9-8-12(22)15(16(13)28)20(29)26(5)6/h7-10,17,23H,1-6H3,(H2-,24,25,28,29,30)/p+1/t17-/m0/s1. The number of benzene rings is 1. The second-order valence-corrected chi connectivity index (χ2v) is 9.56. The highest BCUT2D eigenvalue weighted by Gasteiger charge is 2.33. The number of hydrogen-bond acceptors (Lipinski definition) is 7. The lowest BCUT2D eigenvalue weighted by Gasteiger charge is -2.29. The highest BCUT2D eigenvalue weighted by Crippen LogP contribution is 2.39. The van der Waals surface area contributed by atoms with E-state index in [1.807, 2.05) is 39.8 Å². The number of furan rings is 1. The summed E-state index contributed by atoms with van der Waals surface area (Å²) in [6, 6.07) is 6.57. The van der Waals surface area contributed by atoms with Crippen LogP contribution in [0.5, 0.6) is 5.75 Å². The van der Waals surface area contributed by atoms with Gasteiger partial charge in [-0.3, -0.25) is 10.1 Å². The third-order valence-corrected chi connectivity index (χ3v) is 5.51. The van der Waals surface area contributed by atoms with Gasteiger partial charge in [0.05, 0.1) is 11.6 Å². The molecule has 10 nitrogen and oxygen atoms in total. The first kappa shape index (κ1) is 23.5. The monoisotopic (exact) mass is 508 g/mol. The van der Waals surface area contributed by atoms with E-state index in [-0.39, 0.29) is 44.7 Å². The first-order valence-corrected chi connectivity index (χ1v) is 10.7. The number of halogens is 1. The zero-order valence-corrected chi connectivity index (χ0v) is 20.3. The number of amides is 1. The van der Waals surface area contributed by atoms with Crippen LogP contribution in [0.4, 0.5) is 17.3 Å². The van der Waals surface area contributed by atoms with Gasteiger partial charge < -0.3 is 19.7 Å². The van der Waals surface area contributed by atoms with E-state index in [2.05, 4.69) is 31.7 Å². The predicted octanol–water partition coefficient (Wildman–Crippen LogP) is 4.54. The molecule has 2 heterocycles. The number of anilines is 3. The Morgan fingerprint density at radius 1 is 1.25 bits per heavy atom. The summed E-state index contributed by atoms with van der Waals surface area (Å²) in [4.78, 5) is 26.2. The summed E-state index contributed by atoms with van der Waals surface area (Å²) >= 11 is 3.29. The summed E-state index contributed by atoms with van der Waals surface area (Å²) in [5.41, 5.74) is -0.0640. The average molecular weight is 509 g/mol. The number of carbonyl (C=O) groups is 1. The van der Waals surface area contributed by atoms with E-state index in [4.69, 9.17) is 9.05 Å². The van der Waals surface area contributed by atoms with Crippen molar-refractivity contribution in [1.29, 1.82) is 0 Å². The van der Waals surface area contributed by atoms with Crippen molar-refractivity contribution in [2.24, 2.45) is 5.41 Å². The van der Waals surface area contributed by atoms with Gasteiger partial charge in [0.2, 0.25) is 0 Å². The number of phenolic OH excluding ortho intramolecular Hbond substituents is 1. The molecule has 2 aromatic heterocycles. The van der Waals surface area contributed by atoms with Gasteiger partial charge in [0.25, 0.3) is 11.7 Å². The minimum Gasteiger partial charge on any atom is -0.504 e. The van der Waals surface area contributed by atoms with Gasteiger partial charge in [0.15, 0.2) is 10.3 Å². The molecule has 11 heteroatoms. The Hall–Kier alpha value is -3.21. The molecule has 0 fully saturated rings. The largest absolute Gasteiger partial charge is 0.504 e. The molecule has 0 bridgehead atoms. The number of hydrogen-bond donors (Lipinski definition) is 4. The van der Waals surface area contributed by atoms with E-state index < -0.39 is 5.91 Å². The number of aromatic amines is 1. The zero-order valence-electron chi connectivity index (χ0n) is 18.7. The fourth-order valence-corrected chi connectivity index (χ4v) is 3.66. The van der Waals surface area contributed by atoms with Gasteiger partial charge in [-0.1, -0.05) is 25.9 Å². The topological polar surface area (TPSA) is 130 Å². The summed E-state index contributed by atoms with van der Waals surface area (Å²) < 4.78 is 11.4. The molecular formula is C21H27BrN5O5+. The summed E-state index contributed by atoms with van der Waals surface area (Å²) in [7, 11) is 3.16. The van der Waals surface area contributed by atoms with Gasteiger partial charge >= 0.3 is 5.82 Å². The highest BCUT2D eigenvalue weighted by molar-refractivity contribution is 9.10. The molecule has 32 heavy (non-hydrogen) atoms. The number of aromatic nitrogens is 2. The lowest BCUT2D eigenvalue weighted by molar-refractivity contribution is -0.701. The number of rotatable bonds is 6. The van der Waals surface area contributed by atoms with Crippen molar-refractivity contribution in [2.45, 2.75) is 33.7 Å². The third kappa shape index (κ3) is 4.67. The Labute approximate surface area is 193 Å². The molecule has 0 aliphatic rings. The molecule has 4 N–H and O–H groups in total. The molecule has 0 saturated carbocycles. The molecule has 3 aromatic rings. The first-order valence-electron chi connectivity index (χ1n) is 9.87. The Bertz CT molecular complexity index is 1190. The van der Waals surface area contributed by atoms with Gasteiger partial charge in [0.1, 0.15) is 17.2 Å². The van der Waals surface area contributed by atoms with Crippen molar-refractivity contribution in [3.05, 3.63) is 50.7 Å². The van der Waals surface area contributed by atoms with Gasteiger partial charge in [-0.25, -0.2) is 0 Å². The number of nitrogens with one attached hydrogen (secondary N) is 3.